The Kier molecular flexibility index (Phi) is 3.85. The first kappa shape index (κ1) is 13.9. The number of hydrogen-bond acceptors (Lipinski definition) is 4. The van der Waals surface area contributed by atoms with Gasteiger partial charge < -0.3 is 0 Å². The number of alkyl halides is 3. The number of anilines is 1. The minimum absolute atomic E-state index is 0.197. The number of benzene rings is 1. The lowest BCUT2D eigenvalue weighted by Crippen LogP contribution is -2.11. The van der Waals surface area contributed by atoms with Crippen molar-refractivity contribution in [1.29, 1.82) is 0 Å². The standard InChI is InChI=1S/C10H5BrF3N3OS/c11-6-3-1-2-5(4-6)7(18)15-9-17-16-8(19-9)10(12,13)14/h1-4H,(H,15,17,18). The van der Waals surface area contributed by atoms with E-state index in [4.69, 9.17) is 0 Å². The number of amides is 1. The molecule has 0 aliphatic rings. The maximum atomic E-state index is 12.3. The van der Waals surface area contributed by atoms with Crippen LogP contribution in [0, 0.1) is 0 Å². The predicted octanol–water partition coefficient (Wildman–Crippen LogP) is 3.57. The molecule has 0 radical (unpaired) electrons. The third-order valence-corrected chi connectivity index (χ3v) is 3.35. The molecule has 0 saturated heterocycles. The van der Waals surface area contributed by atoms with Crippen LogP contribution in [-0.4, -0.2) is 16.1 Å². The van der Waals surface area contributed by atoms with Gasteiger partial charge in [-0.25, -0.2) is 0 Å². The van der Waals surface area contributed by atoms with Crippen LogP contribution in [0.1, 0.15) is 15.4 Å². The van der Waals surface area contributed by atoms with Crippen molar-refractivity contribution in [1.82, 2.24) is 10.2 Å². The first-order valence-corrected chi connectivity index (χ1v) is 6.45. The van der Waals surface area contributed by atoms with E-state index in [1.54, 1.807) is 18.2 Å². The SMILES string of the molecule is O=C(Nc1nnc(C(F)(F)F)s1)c1cccc(Br)c1. The second-order valence-electron chi connectivity index (χ2n) is 3.37. The maximum Gasteiger partial charge on any atom is 0.445 e. The van der Waals surface area contributed by atoms with Gasteiger partial charge >= 0.3 is 6.18 Å². The fraction of sp³-hybridized carbons (Fsp3) is 0.100. The molecule has 2 rings (SSSR count). The van der Waals surface area contributed by atoms with Gasteiger partial charge in [0.25, 0.3) is 5.91 Å². The lowest BCUT2D eigenvalue weighted by Gasteiger charge is -2.01. The minimum atomic E-state index is -4.56. The van der Waals surface area contributed by atoms with Crippen LogP contribution in [-0.2, 0) is 6.18 Å². The van der Waals surface area contributed by atoms with E-state index in [1.165, 1.54) is 6.07 Å². The summed E-state index contributed by atoms with van der Waals surface area (Å²) in [5.74, 6) is -0.550. The van der Waals surface area contributed by atoms with E-state index in [0.29, 0.717) is 10.0 Å². The Bertz CT molecular complexity index is 614. The second-order valence-corrected chi connectivity index (χ2v) is 5.27. The lowest BCUT2D eigenvalue weighted by atomic mass is 10.2. The van der Waals surface area contributed by atoms with Crippen molar-refractivity contribution in [2.75, 3.05) is 5.32 Å². The maximum absolute atomic E-state index is 12.3. The Morgan fingerprint density at radius 3 is 2.63 bits per heavy atom. The average molecular weight is 352 g/mol. The molecule has 2 aromatic rings. The summed E-state index contributed by atoms with van der Waals surface area (Å²) in [7, 11) is 0. The molecule has 0 aliphatic carbocycles. The summed E-state index contributed by atoms with van der Waals surface area (Å²) in [4.78, 5) is 11.8. The van der Waals surface area contributed by atoms with Gasteiger partial charge in [0.1, 0.15) is 0 Å². The molecule has 0 aliphatic heterocycles. The molecule has 1 N–H and O–H groups in total. The number of halogens is 4. The van der Waals surface area contributed by atoms with Crippen molar-refractivity contribution in [3.63, 3.8) is 0 Å². The molecule has 1 aromatic carbocycles. The van der Waals surface area contributed by atoms with E-state index in [9.17, 15) is 18.0 Å². The van der Waals surface area contributed by atoms with Crippen LogP contribution in [0.5, 0.6) is 0 Å². The van der Waals surface area contributed by atoms with E-state index in [1.807, 2.05) is 0 Å². The largest absolute Gasteiger partial charge is 0.445 e. The van der Waals surface area contributed by atoms with E-state index >= 15 is 0 Å². The van der Waals surface area contributed by atoms with Crippen LogP contribution in [0.4, 0.5) is 18.3 Å². The molecule has 0 fully saturated rings. The number of carbonyl (C=O) groups excluding carboxylic acids is 1. The van der Waals surface area contributed by atoms with Gasteiger partial charge in [-0.15, -0.1) is 10.2 Å². The summed E-state index contributed by atoms with van der Waals surface area (Å²) >= 11 is 3.47. The highest BCUT2D eigenvalue weighted by Crippen LogP contribution is 2.33. The molecular formula is C10H5BrF3N3OS. The van der Waals surface area contributed by atoms with E-state index in [0.717, 1.165) is 0 Å². The zero-order chi connectivity index (χ0) is 14.0. The molecule has 1 amide bonds. The summed E-state index contributed by atoms with van der Waals surface area (Å²) in [5.41, 5.74) is 0.304. The van der Waals surface area contributed by atoms with Gasteiger partial charge in [-0.1, -0.05) is 33.3 Å². The summed E-state index contributed by atoms with van der Waals surface area (Å²) in [6.07, 6.45) is -4.56. The van der Waals surface area contributed by atoms with Gasteiger partial charge in [0, 0.05) is 10.0 Å². The molecule has 0 unspecified atom stereocenters. The first-order chi connectivity index (χ1) is 8.86. The third-order valence-electron chi connectivity index (χ3n) is 1.97. The number of aromatic nitrogens is 2. The van der Waals surface area contributed by atoms with Crippen molar-refractivity contribution in [2.24, 2.45) is 0 Å². The van der Waals surface area contributed by atoms with Crippen LogP contribution < -0.4 is 5.32 Å². The fourth-order valence-electron chi connectivity index (χ4n) is 1.19. The summed E-state index contributed by atoms with van der Waals surface area (Å²) in [6.45, 7) is 0. The van der Waals surface area contributed by atoms with E-state index in [2.05, 4.69) is 31.4 Å². The molecule has 0 bridgehead atoms. The normalized spacial score (nSPS) is 11.4. The van der Waals surface area contributed by atoms with Crippen LogP contribution in [0.2, 0.25) is 0 Å². The zero-order valence-electron chi connectivity index (χ0n) is 9.03. The van der Waals surface area contributed by atoms with Gasteiger partial charge in [-0.05, 0) is 18.2 Å². The Morgan fingerprint density at radius 1 is 1.32 bits per heavy atom. The smallest absolute Gasteiger partial charge is 0.296 e. The van der Waals surface area contributed by atoms with Crippen molar-refractivity contribution < 1.29 is 18.0 Å². The van der Waals surface area contributed by atoms with Gasteiger partial charge in [0.05, 0.1) is 0 Å². The van der Waals surface area contributed by atoms with Crippen molar-refractivity contribution in [3.05, 3.63) is 39.3 Å². The quantitative estimate of drug-likeness (QED) is 0.899. The van der Waals surface area contributed by atoms with Gasteiger partial charge in [0.2, 0.25) is 10.1 Å². The second kappa shape index (κ2) is 5.25. The average Bonchev–Trinajstić information content (AvgIpc) is 2.77. The number of rotatable bonds is 2. The van der Waals surface area contributed by atoms with Crippen LogP contribution in [0.15, 0.2) is 28.7 Å². The molecule has 0 saturated carbocycles. The van der Waals surface area contributed by atoms with Gasteiger partial charge in [-0.2, -0.15) is 13.2 Å². The molecular weight excluding hydrogens is 347 g/mol. The molecule has 100 valence electrons. The molecule has 1 aromatic heterocycles. The topological polar surface area (TPSA) is 54.9 Å². The molecule has 0 spiro atoms. The molecule has 0 atom stereocenters. The fourth-order valence-corrected chi connectivity index (χ4v) is 2.19. The lowest BCUT2D eigenvalue weighted by molar-refractivity contribution is -0.138. The minimum Gasteiger partial charge on any atom is -0.296 e. The van der Waals surface area contributed by atoms with Crippen molar-refractivity contribution in [2.45, 2.75) is 6.18 Å². The molecule has 9 heteroatoms. The monoisotopic (exact) mass is 351 g/mol. The molecule has 1 heterocycles. The number of hydrogen-bond donors (Lipinski definition) is 1. The number of nitrogens with zero attached hydrogens (tertiary/aromatic N) is 2. The van der Waals surface area contributed by atoms with Crippen LogP contribution in [0.3, 0.4) is 0 Å². The van der Waals surface area contributed by atoms with Crippen molar-refractivity contribution in [3.8, 4) is 0 Å². The zero-order valence-corrected chi connectivity index (χ0v) is 11.4. The number of carbonyl (C=O) groups is 1. The highest BCUT2D eigenvalue weighted by molar-refractivity contribution is 9.10. The highest BCUT2D eigenvalue weighted by atomic mass is 79.9. The Hall–Kier alpha value is -1.48. The first-order valence-electron chi connectivity index (χ1n) is 4.84. The molecule has 4 nitrogen and oxygen atoms in total. The highest BCUT2D eigenvalue weighted by Gasteiger charge is 2.35. The van der Waals surface area contributed by atoms with Gasteiger partial charge in [0.15, 0.2) is 0 Å². The van der Waals surface area contributed by atoms with Crippen LogP contribution in [0.25, 0.3) is 0 Å². The predicted molar refractivity (Wildman–Crippen MR) is 67.0 cm³/mol. The van der Waals surface area contributed by atoms with Gasteiger partial charge in [-0.3, -0.25) is 10.1 Å². The Balaban J connectivity index is 2.13. The van der Waals surface area contributed by atoms with E-state index in [-0.39, 0.29) is 16.5 Å². The summed E-state index contributed by atoms with van der Waals surface area (Å²) in [5, 5.41) is 7.21. The van der Waals surface area contributed by atoms with E-state index < -0.39 is 17.1 Å². The Morgan fingerprint density at radius 2 is 2.05 bits per heavy atom. The summed E-state index contributed by atoms with van der Waals surface area (Å²) in [6, 6.07) is 6.44. The van der Waals surface area contributed by atoms with Crippen molar-refractivity contribution >= 4 is 38.3 Å². The third kappa shape index (κ3) is 3.51. The summed E-state index contributed by atoms with van der Waals surface area (Å²) < 4.78 is 37.6. The Labute approximate surface area is 117 Å². The number of nitrogens with one attached hydrogen (secondary N) is 1. The molecule has 19 heavy (non-hydrogen) atoms. The van der Waals surface area contributed by atoms with Crippen LogP contribution >= 0.6 is 27.3 Å².